The minimum absolute atomic E-state index is 0.312. The highest BCUT2D eigenvalue weighted by atomic mass is 19.4. The summed E-state index contributed by atoms with van der Waals surface area (Å²) in [6.45, 7) is 0.849. The molecule has 1 aliphatic carbocycles. The van der Waals surface area contributed by atoms with E-state index in [1.165, 1.54) is 0 Å². The van der Waals surface area contributed by atoms with E-state index in [2.05, 4.69) is 11.9 Å². The molecule has 1 heterocycles. The molecule has 0 radical (unpaired) electrons. The number of halogens is 3. The molecule has 4 amide bonds. The summed E-state index contributed by atoms with van der Waals surface area (Å²) < 4.78 is 37.5. The van der Waals surface area contributed by atoms with Crippen LogP contribution in [0.1, 0.15) is 25.7 Å². The van der Waals surface area contributed by atoms with Gasteiger partial charge in [-0.25, -0.2) is 4.79 Å². The van der Waals surface area contributed by atoms with Crippen LogP contribution < -0.4 is 5.32 Å². The lowest BCUT2D eigenvalue weighted by atomic mass is 9.98. The molecule has 1 saturated carbocycles. The van der Waals surface area contributed by atoms with Crippen molar-refractivity contribution >= 4 is 17.8 Å². The van der Waals surface area contributed by atoms with Gasteiger partial charge in [-0.05, 0) is 12.8 Å². The Morgan fingerprint density at radius 2 is 1.96 bits per heavy atom. The normalized spacial score (nSPS) is 20.0. The molecule has 23 heavy (non-hydrogen) atoms. The van der Waals surface area contributed by atoms with Gasteiger partial charge in [0, 0.05) is 6.54 Å². The van der Waals surface area contributed by atoms with Crippen LogP contribution in [0.25, 0.3) is 0 Å². The smallest absolute Gasteiger partial charge is 0.328 e. The van der Waals surface area contributed by atoms with E-state index >= 15 is 0 Å². The quantitative estimate of drug-likeness (QED) is 0.611. The highest BCUT2D eigenvalue weighted by Gasteiger charge is 2.53. The SMILES string of the molecule is C=CCN(CC(F)(F)F)C(=O)CN1C(=O)NC2(CCCC2)C1=O. The van der Waals surface area contributed by atoms with E-state index in [1.54, 1.807) is 0 Å². The van der Waals surface area contributed by atoms with Gasteiger partial charge in [0.1, 0.15) is 18.6 Å². The maximum absolute atomic E-state index is 12.5. The van der Waals surface area contributed by atoms with E-state index in [-0.39, 0.29) is 6.54 Å². The first kappa shape index (κ1) is 17.3. The van der Waals surface area contributed by atoms with Crippen LogP contribution >= 0.6 is 0 Å². The number of hydrogen-bond acceptors (Lipinski definition) is 3. The van der Waals surface area contributed by atoms with Gasteiger partial charge in [-0.15, -0.1) is 6.58 Å². The van der Waals surface area contributed by atoms with E-state index in [4.69, 9.17) is 0 Å². The molecule has 2 aliphatic rings. The second-order valence-electron chi connectivity index (χ2n) is 5.79. The fraction of sp³-hybridized carbons (Fsp3) is 0.643. The Morgan fingerprint density at radius 3 is 2.48 bits per heavy atom. The molecule has 0 bridgehead atoms. The van der Waals surface area contributed by atoms with E-state index in [9.17, 15) is 27.6 Å². The molecule has 2 fully saturated rings. The first-order valence-electron chi connectivity index (χ1n) is 7.28. The van der Waals surface area contributed by atoms with E-state index in [1.807, 2.05) is 0 Å². The van der Waals surface area contributed by atoms with Gasteiger partial charge >= 0.3 is 12.2 Å². The molecule has 0 atom stereocenters. The molecule has 1 spiro atoms. The summed E-state index contributed by atoms with van der Waals surface area (Å²) >= 11 is 0. The van der Waals surface area contributed by atoms with Crippen molar-refractivity contribution in [1.29, 1.82) is 0 Å². The van der Waals surface area contributed by atoms with Crippen LogP contribution in [-0.2, 0) is 9.59 Å². The zero-order valence-electron chi connectivity index (χ0n) is 12.5. The average molecular weight is 333 g/mol. The van der Waals surface area contributed by atoms with Gasteiger partial charge in [0.15, 0.2) is 0 Å². The van der Waals surface area contributed by atoms with E-state index in [0.29, 0.717) is 22.6 Å². The van der Waals surface area contributed by atoms with Crippen LogP contribution in [0, 0.1) is 0 Å². The monoisotopic (exact) mass is 333 g/mol. The molecule has 2 rings (SSSR count). The van der Waals surface area contributed by atoms with Gasteiger partial charge in [-0.2, -0.15) is 13.2 Å². The molecule has 6 nitrogen and oxygen atoms in total. The molecule has 0 aromatic heterocycles. The minimum atomic E-state index is -4.57. The molecular formula is C14H18F3N3O3. The molecule has 0 aromatic carbocycles. The Labute approximate surface area is 131 Å². The van der Waals surface area contributed by atoms with Crippen LogP contribution in [-0.4, -0.2) is 59.0 Å². The predicted molar refractivity (Wildman–Crippen MR) is 74.3 cm³/mol. The Bertz CT molecular complexity index is 527. The lowest BCUT2D eigenvalue weighted by molar-refractivity contribution is -0.160. The molecule has 128 valence electrons. The second-order valence-corrected chi connectivity index (χ2v) is 5.79. The number of alkyl halides is 3. The third-order valence-corrected chi connectivity index (χ3v) is 4.07. The van der Waals surface area contributed by atoms with Crippen LogP contribution in [0.5, 0.6) is 0 Å². The summed E-state index contributed by atoms with van der Waals surface area (Å²) in [7, 11) is 0. The Balaban J connectivity index is 2.07. The van der Waals surface area contributed by atoms with Gasteiger partial charge in [0.25, 0.3) is 5.91 Å². The fourth-order valence-electron chi connectivity index (χ4n) is 3.00. The number of nitrogens with one attached hydrogen (secondary N) is 1. The van der Waals surface area contributed by atoms with Crippen molar-refractivity contribution in [3.63, 3.8) is 0 Å². The molecule has 1 saturated heterocycles. The number of carbonyl (C=O) groups excluding carboxylic acids is 3. The van der Waals surface area contributed by atoms with Gasteiger partial charge in [-0.3, -0.25) is 14.5 Å². The average Bonchev–Trinajstić information content (AvgIpc) is 2.98. The molecular weight excluding hydrogens is 315 g/mol. The third-order valence-electron chi connectivity index (χ3n) is 4.07. The number of hydrogen-bond donors (Lipinski definition) is 1. The van der Waals surface area contributed by atoms with Gasteiger partial charge in [0.05, 0.1) is 0 Å². The first-order chi connectivity index (χ1) is 10.7. The van der Waals surface area contributed by atoms with E-state index < -0.39 is 42.7 Å². The van der Waals surface area contributed by atoms with Crippen LogP contribution in [0.4, 0.5) is 18.0 Å². The predicted octanol–water partition coefficient (Wildman–Crippen LogP) is 1.43. The lowest BCUT2D eigenvalue weighted by Crippen LogP contribution is -2.47. The zero-order valence-corrected chi connectivity index (χ0v) is 12.5. The largest absolute Gasteiger partial charge is 0.406 e. The number of urea groups is 1. The molecule has 0 aromatic rings. The maximum atomic E-state index is 12.5. The third kappa shape index (κ3) is 3.65. The Morgan fingerprint density at radius 1 is 1.35 bits per heavy atom. The van der Waals surface area contributed by atoms with Crippen molar-refractivity contribution < 1.29 is 27.6 Å². The summed E-state index contributed by atoms with van der Waals surface area (Å²) in [6.07, 6.45) is -0.867. The number of carbonyl (C=O) groups is 3. The number of imide groups is 1. The second kappa shape index (κ2) is 6.21. The van der Waals surface area contributed by atoms with Crippen molar-refractivity contribution in [1.82, 2.24) is 15.1 Å². The van der Waals surface area contributed by atoms with Crippen LogP contribution in [0.3, 0.4) is 0 Å². The minimum Gasteiger partial charge on any atom is -0.328 e. The molecule has 1 aliphatic heterocycles. The van der Waals surface area contributed by atoms with Gasteiger partial charge in [0.2, 0.25) is 5.91 Å². The van der Waals surface area contributed by atoms with Crippen LogP contribution in [0.15, 0.2) is 12.7 Å². The number of nitrogens with zero attached hydrogens (tertiary/aromatic N) is 2. The van der Waals surface area contributed by atoms with Crippen LogP contribution in [0.2, 0.25) is 0 Å². The molecule has 1 N–H and O–H groups in total. The summed E-state index contributed by atoms with van der Waals surface area (Å²) in [5.74, 6) is -1.47. The standard InChI is InChI=1S/C14H18F3N3O3/c1-2-7-19(9-14(15,16)17)10(21)8-20-11(22)13(18-12(20)23)5-3-4-6-13/h2H,1,3-9H2,(H,18,23). The summed E-state index contributed by atoms with van der Waals surface area (Å²) in [4.78, 5) is 37.6. The molecule has 0 unspecified atom stereocenters. The summed E-state index contributed by atoms with van der Waals surface area (Å²) in [5, 5.41) is 2.58. The Kier molecular flexibility index (Phi) is 4.67. The topological polar surface area (TPSA) is 69.7 Å². The zero-order chi connectivity index (χ0) is 17.3. The summed E-state index contributed by atoms with van der Waals surface area (Å²) in [5.41, 5.74) is -0.981. The van der Waals surface area contributed by atoms with Gasteiger partial charge < -0.3 is 10.2 Å². The van der Waals surface area contributed by atoms with Crippen molar-refractivity contribution in [3.05, 3.63) is 12.7 Å². The summed E-state index contributed by atoms with van der Waals surface area (Å²) in [6, 6.07) is -0.726. The highest BCUT2D eigenvalue weighted by Crippen LogP contribution is 2.35. The van der Waals surface area contributed by atoms with Crippen molar-refractivity contribution in [2.45, 2.75) is 37.4 Å². The lowest BCUT2D eigenvalue weighted by Gasteiger charge is -2.25. The Hall–Kier alpha value is -2.06. The van der Waals surface area contributed by atoms with Crippen molar-refractivity contribution in [3.8, 4) is 0 Å². The van der Waals surface area contributed by atoms with Gasteiger partial charge in [-0.1, -0.05) is 18.9 Å². The van der Waals surface area contributed by atoms with Crippen molar-refractivity contribution in [2.75, 3.05) is 19.6 Å². The first-order valence-corrected chi connectivity index (χ1v) is 7.28. The van der Waals surface area contributed by atoms with Crippen molar-refractivity contribution in [2.24, 2.45) is 0 Å². The fourth-order valence-corrected chi connectivity index (χ4v) is 3.00. The van der Waals surface area contributed by atoms with E-state index in [0.717, 1.165) is 18.9 Å². The number of amides is 4. The number of rotatable bonds is 5. The highest BCUT2D eigenvalue weighted by molar-refractivity contribution is 6.09. The molecule has 9 heteroatoms. The maximum Gasteiger partial charge on any atom is 0.406 e.